The van der Waals surface area contributed by atoms with Crippen molar-refractivity contribution in [2.75, 3.05) is 11.9 Å². The molecule has 0 saturated heterocycles. The Bertz CT molecular complexity index is 710. The summed E-state index contributed by atoms with van der Waals surface area (Å²) in [5, 5.41) is 15.6. The zero-order valence-electron chi connectivity index (χ0n) is 10.7. The van der Waals surface area contributed by atoms with E-state index in [2.05, 4.69) is 33.4 Å². The van der Waals surface area contributed by atoms with Crippen LogP contribution in [0.4, 0.5) is 5.69 Å². The molecule has 1 unspecified atom stereocenters. The zero-order valence-corrected chi connectivity index (χ0v) is 12.3. The first kappa shape index (κ1) is 13.2. The van der Waals surface area contributed by atoms with E-state index in [4.69, 9.17) is 4.42 Å². The summed E-state index contributed by atoms with van der Waals surface area (Å²) in [6, 6.07) is 15.7. The summed E-state index contributed by atoms with van der Waals surface area (Å²) in [7, 11) is 0. The molecule has 4 heteroatoms. The average molecular weight is 332 g/mol. The molecule has 0 aliphatic heterocycles. The number of nitrogens with one attached hydrogen (secondary N) is 1. The van der Waals surface area contributed by atoms with E-state index in [1.807, 2.05) is 24.3 Å². The Morgan fingerprint density at radius 2 is 1.85 bits per heavy atom. The molecule has 0 radical (unpaired) electrons. The molecule has 102 valence electrons. The second kappa shape index (κ2) is 5.69. The van der Waals surface area contributed by atoms with Crippen molar-refractivity contribution in [2.45, 2.75) is 6.10 Å². The van der Waals surface area contributed by atoms with Crippen LogP contribution in [0.5, 0.6) is 0 Å². The van der Waals surface area contributed by atoms with Gasteiger partial charge in [0.05, 0.1) is 6.26 Å². The minimum Gasteiger partial charge on any atom is -0.467 e. The van der Waals surface area contributed by atoms with Crippen molar-refractivity contribution >= 4 is 32.4 Å². The molecule has 0 aliphatic carbocycles. The molecule has 1 aromatic heterocycles. The van der Waals surface area contributed by atoms with Crippen LogP contribution in [-0.2, 0) is 0 Å². The first-order valence-corrected chi connectivity index (χ1v) is 7.17. The Morgan fingerprint density at radius 1 is 1.05 bits per heavy atom. The number of furan rings is 1. The van der Waals surface area contributed by atoms with Crippen LogP contribution in [-0.4, -0.2) is 11.7 Å². The summed E-state index contributed by atoms with van der Waals surface area (Å²) in [6.45, 7) is 0.402. The van der Waals surface area contributed by atoms with E-state index in [0.717, 1.165) is 20.9 Å². The second-order valence-electron chi connectivity index (χ2n) is 4.55. The molecule has 0 bridgehead atoms. The lowest BCUT2D eigenvalue weighted by atomic mass is 10.1. The van der Waals surface area contributed by atoms with Gasteiger partial charge in [0.2, 0.25) is 0 Å². The molecule has 0 amide bonds. The largest absolute Gasteiger partial charge is 0.467 e. The lowest BCUT2D eigenvalue weighted by Crippen LogP contribution is -2.11. The standard InChI is InChI=1S/C16H14BrNO2/c17-13-7-8-14(12-5-2-1-4-11(12)13)18-10-15(19)16-6-3-9-20-16/h1-9,15,18-19H,10H2. The number of anilines is 1. The van der Waals surface area contributed by atoms with Crippen LogP contribution < -0.4 is 5.32 Å². The Hall–Kier alpha value is -1.78. The summed E-state index contributed by atoms with van der Waals surface area (Å²) >= 11 is 3.55. The maximum atomic E-state index is 10.0. The SMILES string of the molecule is OC(CNc1ccc(Br)c2ccccc12)c1ccco1. The van der Waals surface area contributed by atoms with Gasteiger partial charge in [-0.05, 0) is 29.7 Å². The molecule has 1 atom stereocenters. The number of fused-ring (bicyclic) bond motifs is 1. The van der Waals surface area contributed by atoms with Gasteiger partial charge in [0.15, 0.2) is 0 Å². The monoisotopic (exact) mass is 331 g/mol. The van der Waals surface area contributed by atoms with Crippen LogP contribution in [0.2, 0.25) is 0 Å². The van der Waals surface area contributed by atoms with Crippen LogP contribution in [0.15, 0.2) is 63.7 Å². The summed E-state index contributed by atoms with van der Waals surface area (Å²) in [5.41, 5.74) is 0.995. The van der Waals surface area contributed by atoms with Crippen molar-refractivity contribution < 1.29 is 9.52 Å². The lowest BCUT2D eigenvalue weighted by molar-refractivity contribution is 0.162. The lowest BCUT2D eigenvalue weighted by Gasteiger charge is -2.13. The van der Waals surface area contributed by atoms with Crippen molar-refractivity contribution in [1.82, 2.24) is 0 Å². The maximum absolute atomic E-state index is 10.0. The molecule has 0 spiro atoms. The Balaban J connectivity index is 1.83. The fraction of sp³-hybridized carbons (Fsp3) is 0.125. The number of halogens is 1. The molecule has 20 heavy (non-hydrogen) atoms. The Labute approximate surface area is 125 Å². The third-order valence-electron chi connectivity index (χ3n) is 3.23. The van der Waals surface area contributed by atoms with Crippen LogP contribution in [0, 0.1) is 0 Å². The van der Waals surface area contributed by atoms with Gasteiger partial charge in [-0.2, -0.15) is 0 Å². The molecule has 3 nitrogen and oxygen atoms in total. The van der Waals surface area contributed by atoms with Crippen LogP contribution in [0.1, 0.15) is 11.9 Å². The van der Waals surface area contributed by atoms with E-state index >= 15 is 0 Å². The van der Waals surface area contributed by atoms with Gasteiger partial charge in [-0.3, -0.25) is 0 Å². The number of hydrogen-bond acceptors (Lipinski definition) is 3. The first-order valence-electron chi connectivity index (χ1n) is 6.38. The van der Waals surface area contributed by atoms with Crippen molar-refractivity contribution in [1.29, 1.82) is 0 Å². The third kappa shape index (κ3) is 2.57. The highest BCUT2D eigenvalue weighted by Crippen LogP contribution is 2.30. The van der Waals surface area contributed by atoms with Gasteiger partial charge in [0.1, 0.15) is 11.9 Å². The van der Waals surface area contributed by atoms with Crippen LogP contribution >= 0.6 is 15.9 Å². The fourth-order valence-electron chi connectivity index (χ4n) is 2.20. The van der Waals surface area contributed by atoms with Crippen LogP contribution in [0.25, 0.3) is 10.8 Å². The minimum atomic E-state index is -0.660. The third-order valence-corrected chi connectivity index (χ3v) is 3.92. The van der Waals surface area contributed by atoms with Gasteiger partial charge in [0.25, 0.3) is 0 Å². The molecule has 1 heterocycles. The molecule has 0 fully saturated rings. The quantitative estimate of drug-likeness (QED) is 0.747. The van der Waals surface area contributed by atoms with Crippen LogP contribution in [0.3, 0.4) is 0 Å². The molecule has 0 saturated carbocycles. The van der Waals surface area contributed by atoms with Crippen molar-refractivity contribution in [3.05, 3.63) is 65.0 Å². The second-order valence-corrected chi connectivity index (χ2v) is 5.41. The molecule has 2 aromatic carbocycles. The minimum absolute atomic E-state index is 0.402. The predicted octanol–water partition coefficient (Wildman–Crippen LogP) is 4.34. The van der Waals surface area contributed by atoms with Gasteiger partial charge in [-0.25, -0.2) is 0 Å². The predicted molar refractivity (Wildman–Crippen MR) is 83.8 cm³/mol. The summed E-state index contributed by atoms with van der Waals surface area (Å²) in [4.78, 5) is 0. The zero-order chi connectivity index (χ0) is 13.9. The van der Waals surface area contributed by atoms with Gasteiger partial charge in [-0.1, -0.05) is 40.2 Å². The molecule has 3 rings (SSSR count). The normalized spacial score (nSPS) is 12.5. The number of aliphatic hydroxyl groups excluding tert-OH is 1. The fourth-order valence-corrected chi connectivity index (χ4v) is 2.68. The molecule has 3 aromatic rings. The topological polar surface area (TPSA) is 45.4 Å². The molecular weight excluding hydrogens is 318 g/mol. The van der Waals surface area contributed by atoms with Gasteiger partial charge >= 0.3 is 0 Å². The van der Waals surface area contributed by atoms with E-state index < -0.39 is 6.10 Å². The molecular formula is C16H14BrNO2. The highest BCUT2D eigenvalue weighted by atomic mass is 79.9. The summed E-state index contributed by atoms with van der Waals surface area (Å²) in [5.74, 6) is 0.568. The highest BCUT2D eigenvalue weighted by molar-refractivity contribution is 9.10. The number of aliphatic hydroxyl groups is 1. The highest BCUT2D eigenvalue weighted by Gasteiger charge is 2.11. The van der Waals surface area contributed by atoms with E-state index in [-0.39, 0.29) is 0 Å². The number of hydrogen-bond donors (Lipinski definition) is 2. The Morgan fingerprint density at radius 3 is 2.60 bits per heavy atom. The van der Waals surface area contributed by atoms with Crippen molar-refractivity contribution in [3.8, 4) is 0 Å². The average Bonchev–Trinajstić information content (AvgIpc) is 3.01. The van der Waals surface area contributed by atoms with E-state index in [9.17, 15) is 5.11 Å². The number of benzene rings is 2. The number of rotatable bonds is 4. The Kier molecular flexibility index (Phi) is 3.76. The first-order chi connectivity index (χ1) is 9.75. The van der Waals surface area contributed by atoms with Gasteiger partial charge in [0, 0.05) is 22.1 Å². The molecule has 0 aliphatic rings. The van der Waals surface area contributed by atoms with Crippen molar-refractivity contribution in [2.24, 2.45) is 0 Å². The van der Waals surface area contributed by atoms with E-state index in [1.165, 1.54) is 0 Å². The van der Waals surface area contributed by atoms with Crippen molar-refractivity contribution in [3.63, 3.8) is 0 Å². The maximum Gasteiger partial charge on any atom is 0.134 e. The summed E-state index contributed by atoms with van der Waals surface area (Å²) < 4.78 is 6.25. The van der Waals surface area contributed by atoms with Gasteiger partial charge < -0.3 is 14.8 Å². The van der Waals surface area contributed by atoms with E-state index in [1.54, 1.807) is 18.4 Å². The van der Waals surface area contributed by atoms with Gasteiger partial charge in [-0.15, -0.1) is 0 Å². The molecule has 2 N–H and O–H groups in total. The summed E-state index contributed by atoms with van der Waals surface area (Å²) in [6.07, 6.45) is 0.903. The van der Waals surface area contributed by atoms with E-state index in [0.29, 0.717) is 12.3 Å². The smallest absolute Gasteiger partial charge is 0.134 e.